The Labute approximate surface area is 211 Å². The fourth-order valence-corrected chi connectivity index (χ4v) is 3.95. The maximum absolute atomic E-state index is 12.5. The number of methoxy groups -OCH3 is 4. The molecule has 1 aliphatic carbocycles. The van der Waals surface area contributed by atoms with E-state index in [1.54, 1.807) is 77.0 Å². The van der Waals surface area contributed by atoms with E-state index < -0.39 is 24.1 Å². The summed E-state index contributed by atoms with van der Waals surface area (Å²) in [5.74, 6) is 1.33. The van der Waals surface area contributed by atoms with Gasteiger partial charge in [0.1, 0.15) is 12.2 Å². The van der Waals surface area contributed by atoms with Crippen molar-refractivity contribution in [2.24, 2.45) is 0 Å². The minimum Gasteiger partial charge on any atom is -0.493 e. The Morgan fingerprint density at radius 1 is 0.639 bits per heavy atom. The summed E-state index contributed by atoms with van der Waals surface area (Å²) in [6.07, 6.45) is 8.04. The van der Waals surface area contributed by atoms with Crippen LogP contribution in [0.25, 0.3) is 12.2 Å². The second-order valence-electron chi connectivity index (χ2n) is 8.13. The largest absolute Gasteiger partial charge is 0.493 e. The van der Waals surface area contributed by atoms with E-state index in [2.05, 4.69) is 0 Å². The summed E-state index contributed by atoms with van der Waals surface area (Å²) < 4.78 is 32.3. The molecule has 0 aliphatic heterocycles. The predicted octanol–water partition coefficient (Wildman–Crippen LogP) is 4.85. The molecule has 0 unspecified atom stereocenters. The van der Waals surface area contributed by atoms with Gasteiger partial charge in [-0.3, -0.25) is 0 Å². The van der Waals surface area contributed by atoms with E-state index in [0.717, 1.165) is 24.0 Å². The van der Waals surface area contributed by atoms with Crippen molar-refractivity contribution < 1.29 is 38.0 Å². The molecule has 8 nitrogen and oxygen atoms in total. The zero-order chi connectivity index (χ0) is 25.9. The highest BCUT2D eigenvalue weighted by Crippen LogP contribution is 2.29. The highest BCUT2D eigenvalue weighted by atomic mass is 16.6. The van der Waals surface area contributed by atoms with Crippen molar-refractivity contribution in [1.82, 2.24) is 0 Å². The average Bonchev–Trinajstić information content (AvgIpc) is 2.91. The Morgan fingerprint density at radius 3 is 1.39 bits per heavy atom. The van der Waals surface area contributed by atoms with Crippen LogP contribution >= 0.6 is 0 Å². The van der Waals surface area contributed by atoms with Crippen molar-refractivity contribution in [2.75, 3.05) is 28.4 Å². The minimum atomic E-state index is -0.501. The lowest BCUT2D eigenvalue weighted by Gasteiger charge is -2.30. The number of esters is 2. The molecule has 0 heterocycles. The fourth-order valence-electron chi connectivity index (χ4n) is 3.95. The SMILES string of the molecule is COc1ccc(/C=C/C(=O)O[C@H]2CCCC[C@H]2OC(=O)/C=C/c2ccc(OC)c(OC)c2)cc1OC. The van der Waals surface area contributed by atoms with Gasteiger partial charge in [-0.1, -0.05) is 12.1 Å². The van der Waals surface area contributed by atoms with E-state index in [9.17, 15) is 9.59 Å². The molecule has 1 saturated carbocycles. The summed E-state index contributed by atoms with van der Waals surface area (Å²) in [6.45, 7) is 0. The number of rotatable bonds is 10. The lowest BCUT2D eigenvalue weighted by Crippen LogP contribution is -2.37. The first-order chi connectivity index (χ1) is 17.5. The molecule has 192 valence electrons. The summed E-state index contributed by atoms with van der Waals surface area (Å²) in [7, 11) is 6.22. The highest BCUT2D eigenvalue weighted by molar-refractivity contribution is 5.88. The van der Waals surface area contributed by atoms with Gasteiger partial charge in [0.05, 0.1) is 28.4 Å². The molecule has 0 amide bonds. The van der Waals surface area contributed by atoms with E-state index in [-0.39, 0.29) is 0 Å². The van der Waals surface area contributed by atoms with Crippen molar-refractivity contribution in [2.45, 2.75) is 37.9 Å². The summed E-state index contributed by atoms with van der Waals surface area (Å²) in [6, 6.07) is 10.7. The summed E-state index contributed by atoms with van der Waals surface area (Å²) >= 11 is 0. The quantitative estimate of drug-likeness (QED) is 0.341. The summed E-state index contributed by atoms with van der Waals surface area (Å²) in [5.41, 5.74) is 1.52. The van der Waals surface area contributed by atoms with Crippen molar-refractivity contribution in [3.05, 3.63) is 59.7 Å². The molecular formula is C28H32O8. The molecule has 2 aromatic rings. The number of ether oxygens (including phenoxy) is 6. The molecule has 0 radical (unpaired) electrons. The first kappa shape index (κ1) is 26.7. The molecule has 3 rings (SSSR count). The average molecular weight is 497 g/mol. The lowest BCUT2D eigenvalue weighted by atomic mass is 9.94. The van der Waals surface area contributed by atoms with Crippen LogP contribution in [0.1, 0.15) is 36.8 Å². The first-order valence-corrected chi connectivity index (χ1v) is 11.7. The Hall–Kier alpha value is -3.94. The number of hydrogen-bond acceptors (Lipinski definition) is 8. The van der Waals surface area contributed by atoms with Crippen LogP contribution in [0.15, 0.2) is 48.6 Å². The lowest BCUT2D eigenvalue weighted by molar-refractivity contribution is -0.165. The first-order valence-electron chi connectivity index (χ1n) is 11.7. The number of hydrogen-bond donors (Lipinski definition) is 0. The fraction of sp³-hybridized carbons (Fsp3) is 0.357. The number of benzene rings is 2. The van der Waals surface area contributed by atoms with Crippen molar-refractivity contribution in [1.29, 1.82) is 0 Å². The molecule has 1 fully saturated rings. The van der Waals surface area contributed by atoms with Gasteiger partial charge in [0, 0.05) is 12.2 Å². The van der Waals surface area contributed by atoms with Crippen LogP contribution in [0.4, 0.5) is 0 Å². The van der Waals surface area contributed by atoms with Crippen LogP contribution in [-0.4, -0.2) is 52.6 Å². The normalized spacial score (nSPS) is 17.6. The minimum absolute atomic E-state index is 0.500. The topological polar surface area (TPSA) is 89.5 Å². The van der Waals surface area contributed by atoms with Crippen molar-refractivity contribution >= 4 is 24.1 Å². The number of carbonyl (C=O) groups is 2. The summed E-state index contributed by atoms with van der Waals surface area (Å²) in [4.78, 5) is 25.0. The predicted molar refractivity (Wildman–Crippen MR) is 135 cm³/mol. The van der Waals surface area contributed by atoms with Crippen LogP contribution in [0, 0.1) is 0 Å². The molecule has 1 aliphatic rings. The van der Waals surface area contributed by atoms with Gasteiger partial charge in [-0.2, -0.15) is 0 Å². The van der Waals surface area contributed by atoms with Crippen LogP contribution in [0.3, 0.4) is 0 Å². The zero-order valence-electron chi connectivity index (χ0n) is 21.0. The second kappa shape index (κ2) is 13.2. The molecular weight excluding hydrogens is 464 g/mol. The van der Waals surface area contributed by atoms with E-state index >= 15 is 0 Å². The molecule has 8 heteroatoms. The van der Waals surface area contributed by atoms with Crippen molar-refractivity contribution in [3.63, 3.8) is 0 Å². The molecule has 0 saturated heterocycles. The maximum Gasteiger partial charge on any atom is 0.331 e. The third kappa shape index (κ3) is 7.28. The van der Waals surface area contributed by atoms with Gasteiger partial charge < -0.3 is 28.4 Å². The molecule has 0 aromatic heterocycles. The van der Waals surface area contributed by atoms with Gasteiger partial charge in [0.25, 0.3) is 0 Å². The third-order valence-electron chi connectivity index (χ3n) is 5.82. The smallest absolute Gasteiger partial charge is 0.331 e. The van der Waals surface area contributed by atoms with Gasteiger partial charge >= 0.3 is 11.9 Å². The molecule has 0 bridgehead atoms. The van der Waals surface area contributed by atoms with Gasteiger partial charge in [-0.25, -0.2) is 9.59 Å². The number of carbonyl (C=O) groups excluding carboxylic acids is 2. The van der Waals surface area contributed by atoms with E-state index in [1.165, 1.54) is 12.2 Å². The Morgan fingerprint density at radius 2 is 1.03 bits per heavy atom. The van der Waals surface area contributed by atoms with Crippen LogP contribution in [0.2, 0.25) is 0 Å². The highest BCUT2D eigenvalue weighted by Gasteiger charge is 2.30. The second-order valence-corrected chi connectivity index (χ2v) is 8.13. The molecule has 2 aromatic carbocycles. The Bertz CT molecular complexity index is 1020. The Balaban J connectivity index is 1.59. The van der Waals surface area contributed by atoms with Gasteiger partial charge in [0.2, 0.25) is 0 Å². The van der Waals surface area contributed by atoms with Crippen LogP contribution in [-0.2, 0) is 19.1 Å². The molecule has 2 atom stereocenters. The summed E-state index contributed by atoms with van der Waals surface area (Å²) in [5, 5.41) is 0. The van der Waals surface area contributed by atoms with Gasteiger partial charge in [-0.15, -0.1) is 0 Å². The van der Waals surface area contributed by atoms with Crippen molar-refractivity contribution in [3.8, 4) is 23.0 Å². The van der Waals surface area contributed by atoms with Crippen LogP contribution in [0.5, 0.6) is 23.0 Å². The van der Waals surface area contributed by atoms with E-state index in [0.29, 0.717) is 35.8 Å². The van der Waals surface area contributed by atoms with Gasteiger partial charge in [-0.05, 0) is 73.2 Å². The monoisotopic (exact) mass is 496 g/mol. The molecule has 0 N–H and O–H groups in total. The molecule has 36 heavy (non-hydrogen) atoms. The Kier molecular flexibility index (Phi) is 9.80. The standard InChI is InChI=1S/C28H32O8/c1-31-21-13-9-19(17-25(21)33-3)11-15-27(29)35-23-7-5-6-8-24(23)36-28(30)16-12-20-10-14-22(32-2)26(18-20)34-4/h9-18,23-24H,5-8H2,1-4H3/b15-11+,16-12+/t23-,24+. The third-order valence-corrected chi connectivity index (χ3v) is 5.82. The van der Waals surface area contributed by atoms with Gasteiger partial charge in [0.15, 0.2) is 23.0 Å². The van der Waals surface area contributed by atoms with E-state index in [1.807, 2.05) is 0 Å². The van der Waals surface area contributed by atoms with Crippen LogP contribution < -0.4 is 18.9 Å². The molecule has 0 spiro atoms. The maximum atomic E-state index is 12.5. The van der Waals surface area contributed by atoms with E-state index in [4.69, 9.17) is 28.4 Å². The zero-order valence-corrected chi connectivity index (χ0v) is 21.0.